The van der Waals surface area contributed by atoms with Crippen LogP contribution in [0.2, 0.25) is 0 Å². The van der Waals surface area contributed by atoms with Crippen molar-refractivity contribution in [1.29, 1.82) is 5.26 Å². The maximum Gasteiger partial charge on any atom is 0.251 e. The van der Waals surface area contributed by atoms with E-state index in [2.05, 4.69) is 11.4 Å². The lowest BCUT2D eigenvalue weighted by Gasteiger charge is -2.11. The summed E-state index contributed by atoms with van der Waals surface area (Å²) in [5.41, 5.74) is 2.02. The SMILES string of the molecule is CC(CO)CNC(=O)c1cccc(COc2ccc(C#N)cc2)c1. The molecule has 0 saturated carbocycles. The van der Waals surface area contributed by atoms with Crippen LogP contribution in [-0.4, -0.2) is 24.2 Å². The molecule has 5 nitrogen and oxygen atoms in total. The van der Waals surface area contributed by atoms with Crippen molar-refractivity contribution >= 4 is 5.91 Å². The molecular weight excluding hydrogens is 304 g/mol. The Balaban J connectivity index is 1.94. The van der Waals surface area contributed by atoms with Crippen molar-refractivity contribution in [1.82, 2.24) is 5.32 Å². The monoisotopic (exact) mass is 324 g/mol. The van der Waals surface area contributed by atoms with Gasteiger partial charge in [0.25, 0.3) is 5.91 Å². The largest absolute Gasteiger partial charge is 0.489 e. The summed E-state index contributed by atoms with van der Waals surface area (Å²) in [6.45, 7) is 2.67. The Morgan fingerprint density at radius 3 is 2.71 bits per heavy atom. The van der Waals surface area contributed by atoms with Crippen molar-refractivity contribution in [3.63, 3.8) is 0 Å². The predicted octanol–water partition coefficient (Wildman–Crippen LogP) is 2.50. The quantitative estimate of drug-likeness (QED) is 0.820. The molecule has 0 aliphatic carbocycles. The molecule has 0 fully saturated rings. The van der Waals surface area contributed by atoms with Gasteiger partial charge in [-0.25, -0.2) is 0 Å². The Labute approximate surface area is 141 Å². The van der Waals surface area contributed by atoms with Gasteiger partial charge >= 0.3 is 0 Å². The molecule has 0 aliphatic heterocycles. The van der Waals surface area contributed by atoms with E-state index in [0.29, 0.717) is 30.0 Å². The van der Waals surface area contributed by atoms with Crippen LogP contribution in [0.15, 0.2) is 48.5 Å². The van der Waals surface area contributed by atoms with Crippen LogP contribution < -0.4 is 10.1 Å². The number of carbonyl (C=O) groups is 1. The Morgan fingerprint density at radius 2 is 2.04 bits per heavy atom. The van der Waals surface area contributed by atoms with Gasteiger partial charge in [0.2, 0.25) is 0 Å². The summed E-state index contributed by atoms with van der Waals surface area (Å²) >= 11 is 0. The highest BCUT2D eigenvalue weighted by Gasteiger charge is 2.08. The van der Waals surface area contributed by atoms with Crippen LogP contribution in [0.4, 0.5) is 0 Å². The van der Waals surface area contributed by atoms with Gasteiger partial charge in [-0.05, 0) is 47.9 Å². The average Bonchev–Trinajstić information content (AvgIpc) is 2.64. The number of nitriles is 1. The van der Waals surface area contributed by atoms with E-state index in [9.17, 15) is 4.79 Å². The molecule has 0 heterocycles. The third-order valence-corrected chi connectivity index (χ3v) is 3.50. The molecule has 5 heteroatoms. The molecule has 2 rings (SSSR count). The van der Waals surface area contributed by atoms with E-state index in [1.807, 2.05) is 19.1 Å². The molecule has 2 aromatic carbocycles. The van der Waals surface area contributed by atoms with E-state index in [-0.39, 0.29) is 18.4 Å². The number of aliphatic hydroxyl groups excluding tert-OH is 1. The maximum atomic E-state index is 12.1. The first-order valence-electron chi connectivity index (χ1n) is 7.73. The molecule has 24 heavy (non-hydrogen) atoms. The highest BCUT2D eigenvalue weighted by molar-refractivity contribution is 5.94. The van der Waals surface area contributed by atoms with E-state index < -0.39 is 0 Å². The number of nitrogens with zero attached hydrogens (tertiary/aromatic N) is 1. The summed E-state index contributed by atoms with van der Waals surface area (Å²) in [4.78, 5) is 12.1. The average molecular weight is 324 g/mol. The number of hydrogen-bond acceptors (Lipinski definition) is 4. The van der Waals surface area contributed by atoms with E-state index in [0.717, 1.165) is 5.56 Å². The van der Waals surface area contributed by atoms with Gasteiger partial charge in [-0.3, -0.25) is 4.79 Å². The van der Waals surface area contributed by atoms with Crippen LogP contribution in [0.5, 0.6) is 5.75 Å². The molecule has 1 atom stereocenters. The Hall–Kier alpha value is -2.84. The van der Waals surface area contributed by atoms with Crippen molar-refractivity contribution in [3.8, 4) is 11.8 Å². The molecule has 1 unspecified atom stereocenters. The summed E-state index contributed by atoms with van der Waals surface area (Å²) in [6.07, 6.45) is 0. The molecule has 0 aromatic heterocycles. The zero-order valence-corrected chi connectivity index (χ0v) is 13.5. The fraction of sp³-hybridized carbons (Fsp3) is 0.263. The van der Waals surface area contributed by atoms with Crippen molar-refractivity contribution < 1.29 is 14.6 Å². The lowest BCUT2D eigenvalue weighted by molar-refractivity contribution is 0.0942. The molecule has 0 aliphatic rings. The molecule has 0 spiro atoms. The van der Waals surface area contributed by atoms with Crippen molar-refractivity contribution in [2.24, 2.45) is 5.92 Å². The molecule has 2 aromatic rings. The summed E-state index contributed by atoms with van der Waals surface area (Å²) in [6, 6.07) is 16.1. The fourth-order valence-electron chi connectivity index (χ4n) is 2.03. The van der Waals surface area contributed by atoms with Crippen LogP contribution in [-0.2, 0) is 6.61 Å². The van der Waals surface area contributed by atoms with Crippen LogP contribution in [0.25, 0.3) is 0 Å². The fourth-order valence-corrected chi connectivity index (χ4v) is 2.03. The lowest BCUT2D eigenvalue weighted by Crippen LogP contribution is -2.29. The number of aliphatic hydroxyl groups is 1. The van der Waals surface area contributed by atoms with Gasteiger partial charge in [-0.1, -0.05) is 19.1 Å². The van der Waals surface area contributed by atoms with Crippen LogP contribution >= 0.6 is 0 Å². The minimum atomic E-state index is -0.171. The number of amides is 1. The Kier molecular flexibility index (Phi) is 6.35. The molecular formula is C19H20N2O3. The number of rotatable bonds is 7. The van der Waals surface area contributed by atoms with Crippen LogP contribution in [0.1, 0.15) is 28.4 Å². The first kappa shape index (κ1) is 17.5. The van der Waals surface area contributed by atoms with E-state index >= 15 is 0 Å². The van der Waals surface area contributed by atoms with Gasteiger partial charge in [0, 0.05) is 18.7 Å². The predicted molar refractivity (Wildman–Crippen MR) is 90.5 cm³/mol. The smallest absolute Gasteiger partial charge is 0.251 e. The summed E-state index contributed by atoms with van der Waals surface area (Å²) in [5, 5.41) is 20.6. The first-order chi connectivity index (χ1) is 11.6. The highest BCUT2D eigenvalue weighted by atomic mass is 16.5. The van der Waals surface area contributed by atoms with Gasteiger partial charge in [-0.15, -0.1) is 0 Å². The number of benzene rings is 2. The third-order valence-electron chi connectivity index (χ3n) is 3.50. The minimum Gasteiger partial charge on any atom is -0.489 e. The van der Waals surface area contributed by atoms with Crippen LogP contribution in [0.3, 0.4) is 0 Å². The van der Waals surface area contributed by atoms with Gasteiger partial charge in [0.1, 0.15) is 12.4 Å². The molecule has 0 saturated heterocycles. The number of hydrogen-bond donors (Lipinski definition) is 2. The van der Waals surface area contributed by atoms with Crippen LogP contribution in [0, 0.1) is 17.2 Å². The van der Waals surface area contributed by atoms with Crippen molar-refractivity contribution in [2.45, 2.75) is 13.5 Å². The van der Waals surface area contributed by atoms with E-state index in [1.165, 1.54) is 0 Å². The molecule has 1 amide bonds. The number of nitrogens with one attached hydrogen (secondary N) is 1. The first-order valence-corrected chi connectivity index (χ1v) is 7.73. The molecule has 0 bridgehead atoms. The third kappa shape index (κ3) is 5.11. The second-order valence-electron chi connectivity index (χ2n) is 5.62. The zero-order chi connectivity index (χ0) is 17.4. The van der Waals surface area contributed by atoms with Gasteiger partial charge < -0.3 is 15.2 Å². The topological polar surface area (TPSA) is 82.3 Å². The second kappa shape index (κ2) is 8.70. The van der Waals surface area contributed by atoms with Gasteiger partial charge in [0.15, 0.2) is 0 Å². The second-order valence-corrected chi connectivity index (χ2v) is 5.62. The number of ether oxygens (including phenoxy) is 1. The van der Waals surface area contributed by atoms with E-state index in [1.54, 1.807) is 36.4 Å². The number of carbonyl (C=O) groups excluding carboxylic acids is 1. The standard InChI is InChI=1S/C19H20N2O3/c1-14(12-22)11-21-19(23)17-4-2-3-16(9-17)13-24-18-7-5-15(10-20)6-8-18/h2-9,14,22H,11-13H2,1H3,(H,21,23). The zero-order valence-electron chi connectivity index (χ0n) is 13.5. The Bertz CT molecular complexity index is 720. The van der Waals surface area contributed by atoms with Gasteiger partial charge in [0.05, 0.1) is 11.6 Å². The molecule has 0 radical (unpaired) electrons. The van der Waals surface area contributed by atoms with Crippen molar-refractivity contribution in [3.05, 3.63) is 65.2 Å². The van der Waals surface area contributed by atoms with Crippen molar-refractivity contribution in [2.75, 3.05) is 13.2 Å². The summed E-state index contributed by atoms with van der Waals surface area (Å²) in [7, 11) is 0. The lowest BCUT2D eigenvalue weighted by atomic mass is 10.1. The maximum absolute atomic E-state index is 12.1. The highest BCUT2D eigenvalue weighted by Crippen LogP contribution is 2.14. The minimum absolute atomic E-state index is 0.0249. The Morgan fingerprint density at radius 1 is 1.29 bits per heavy atom. The summed E-state index contributed by atoms with van der Waals surface area (Å²) < 4.78 is 5.67. The molecule has 124 valence electrons. The van der Waals surface area contributed by atoms with Gasteiger partial charge in [-0.2, -0.15) is 5.26 Å². The van der Waals surface area contributed by atoms with E-state index in [4.69, 9.17) is 15.1 Å². The molecule has 2 N–H and O–H groups in total. The normalized spacial score (nSPS) is 11.4. The summed E-state index contributed by atoms with van der Waals surface area (Å²) in [5.74, 6) is 0.521.